The lowest BCUT2D eigenvalue weighted by atomic mass is 10.1. The third-order valence-electron chi connectivity index (χ3n) is 2.74. The Balaban J connectivity index is 2.76. The van der Waals surface area contributed by atoms with Crippen molar-refractivity contribution in [3.63, 3.8) is 0 Å². The molecule has 0 aliphatic rings. The highest BCUT2D eigenvalue weighted by Gasteiger charge is 2.10. The van der Waals surface area contributed by atoms with Crippen molar-refractivity contribution in [1.29, 1.82) is 0 Å². The fraction of sp³-hybridized carbons (Fsp3) is 0.625. The molecule has 0 radical (unpaired) electrons. The van der Waals surface area contributed by atoms with Crippen molar-refractivity contribution >= 4 is 11.8 Å². The van der Waals surface area contributed by atoms with Gasteiger partial charge in [0.25, 0.3) is 0 Å². The quantitative estimate of drug-likeness (QED) is 0.843. The lowest BCUT2D eigenvalue weighted by Gasteiger charge is -2.21. The number of methoxy groups -OCH3 is 1. The van der Waals surface area contributed by atoms with Crippen molar-refractivity contribution in [2.24, 2.45) is 0 Å². The van der Waals surface area contributed by atoms with Crippen LogP contribution in [0.4, 0.5) is 0 Å². The van der Waals surface area contributed by atoms with Gasteiger partial charge in [-0.1, -0.05) is 19.9 Å². The van der Waals surface area contributed by atoms with Crippen molar-refractivity contribution in [2.45, 2.75) is 57.7 Å². The lowest BCUT2D eigenvalue weighted by Crippen LogP contribution is -2.35. The van der Waals surface area contributed by atoms with Crippen LogP contribution in [0.2, 0.25) is 0 Å². The summed E-state index contributed by atoms with van der Waals surface area (Å²) in [4.78, 5) is 0. The van der Waals surface area contributed by atoms with E-state index in [9.17, 15) is 0 Å². The minimum absolute atomic E-state index is 0.146. The van der Waals surface area contributed by atoms with Gasteiger partial charge in [-0.2, -0.15) is 11.8 Å². The molecule has 108 valence electrons. The Bertz CT molecular complexity index is 396. The molecule has 0 atom stereocenters. The van der Waals surface area contributed by atoms with Crippen LogP contribution in [-0.2, 0) is 12.3 Å². The van der Waals surface area contributed by atoms with Crippen LogP contribution < -0.4 is 10.1 Å². The minimum Gasteiger partial charge on any atom is -0.496 e. The molecule has 2 nitrogen and oxygen atoms in total. The van der Waals surface area contributed by atoms with Crippen molar-refractivity contribution in [3.8, 4) is 5.75 Å². The van der Waals surface area contributed by atoms with E-state index < -0.39 is 0 Å². The second kappa shape index (κ2) is 7.20. The molecule has 0 bridgehead atoms. The second-order valence-electron chi connectivity index (χ2n) is 6.11. The van der Waals surface area contributed by atoms with E-state index >= 15 is 0 Å². The Morgan fingerprint density at radius 1 is 1.26 bits per heavy atom. The molecular formula is C16H27NOS. The maximum absolute atomic E-state index is 5.44. The molecular weight excluding hydrogens is 254 g/mol. The van der Waals surface area contributed by atoms with Gasteiger partial charge in [-0.05, 0) is 43.7 Å². The summed E-state index contributed by atoms with van der Waals surface area (Å²) in [5, 5.41) is 4.16. The average Bonchev–Trinajstić information content (AvgIpc) is 2.33. The van der Waals surface area contributed by atoms with Crippen molar-refractivity contribution in [3.05, 3.63) is 29.3 Å². The van der Waals surface area contributed by atoms with Crippen LogP contribution in [0.1, 0.15) is 45.7 Å². The molecule has 0 amide bonds. The summed E-state index contributed by atoms with van der Waals surface area (Å²) in [6, 6.07) is 6.48. The SMILES string of the molecule is COc1ccc(CNC(C)(C)C)cc1CSC(C)C. The first kappa shape index (κ1) is 16.4. The largest absolute Gasteiger partial charge is 0.496 e. The van der Waals surface area contributed by atoms with E-state index in [0.29, 0.717) is 5.25 Å². The molecule has 0 aliphatic heterocycles. The van der Waals surface area contributed by atoms with Gasteiger partial charge in [0, 0.05) is 23.4 Å². The van der Waals surface area contributed by atoms with E-state index in [0.717, 1.165) is 18.0 Å². The van der Waals surface area contributed by atoms with Crippen LogP contribution in [0.3, 0.4) is 0 Å². The van der Waals surface area contributed by atoms with Gasteiger partial charge in [0.1, 0.15) is 5.75 Å². The molecule has 0 aromatic heterocycles. The van der Waals surface area contributed by atoms with Crippen molar-refractivity contribution < 1.29 is 4.74 Å². The predicted octanol–water partition coefficient (Wildman–Crippen LogP) is 4.22. The first-order valence-corrected chi connectivity index (χ1v) is 7.89. The van der Waals surface area contributed by atoms with Gasteiger partial charge < -0.3 is 10.1 Å². The monoisotopic (exact) mass is 281 g/mol. The smallest absolute Gasteiger partial charge is 0.122 e. The van der Waals surface area contributed by atoms with E-state index in [1.807, 2.05) is 11.8 Å². The number of rotatable bonds is 6. The molecule has 0 heterocycles. The molecule has 0 unspecified atom stereocenters. The van der Waals surface area contributed by atoms with Crippen LogP contribution >= 0.6 is 11.8 Å². The summed E-state index contributed by atoms with van der Waals surface area (Å²) in [6.07, 6.45) is 0. The van der Waals surface area contributed by atoms with Crippen LogP contribution in [0, 0.1) is 0 Å². The van der Waals surface area contributed by atoms with Crippen LogP contribution in [-0.4, -0.2) is 17.9 Å². The highest BCUT2D eigenvalue weighted by atomic mass is 32.2. The Morgan fingerprint density at radius 2 is 1.95 bits per heavy atom. The van der Waals surface area contributed by atoms with E-state index in [4.69, 9.17) is 4.74 Å². The van der Waals surface area contributed by atoms with E-state index in [1.165, 1.54) is 11.1 Å². The molecule has 19 heavy (non-hydrogen) atoms. The van der Waals surface area contributed by atoms with Gasteiger partial charge >= 0.3 is 0 Å². The highest BCUT2D eigenvalue weighted by Crippen LogP contribution is 2.26. The molecule has 0 spiro atoms. The van der Waals surface area contributed by atoms with Crippen LogP contribution in [0.15, 0.2) is 18.2 Å². The van der Waals surface area contributed by atoms with Crippen LogP contribution in [0.25, 0.3) is 0 Å². The zero-order chi connectivity index (χ0) is 14.5. The first-order chi connectivity index (χ1) is 8.81. The van der Waals surface area contributed by atoms with Crippen molar-refractivity contribution in [1.82, 2.24) is 5.32 Å². The molecule has 0 saturated heterocycles. The summed E-state index contributed by atoms with van der Waals surface area (Å²) in [5.74, 6) is 2.00. The standard InChI is InChI=1S/C16H27NOS/c1-12(2)19-11-14-9-13(7-8-15(14)18-6)10-17-16(3,4)5/h7-9,12,17H,10-11H2,1-6H3. The molecule has 1 aromatic rings. The third kappa shape index (κ3) is 6.35. The topological polar surface area (TPSA) is 21.3 Å². The zero-order valence-corrected chi connectivity index (χ0v) is 13.9. The van der Waals surface area contributed by atoms with E-state index in [2.05, 4.69) is 58.1 Å². The van der Waals surface area contributed by atoms with Gasteiger partial charge in [0.05, 0.1) is 7.11 Å². The normalized spacial score (nSPS) is 11.9. The maximum Gasteiger partial charge on any atom is 0.122 e. The number of nitrogens with one attached hydrogen (secondary N) is 1. The van der Waals surface area contributed by atoms with Gasteiger partial charge in [-0.25, -0.2) is 0 Å². The Kier molecular flexibility index (Phi) is 6.21. The third-order valence-corrected chi connectivity index (χ3v) is 3.88. The second-order valence-corrected chi connectivity index (χ2v) is 7.67. The molecule has 1 aromatic carbocycles. The first-order valence-electron chi connectivity index (χ1n) is 6.84. The number of hydrogen-bond acceptors (Lipinski definition) is 3. The van der Waals surface area contributed by atoms with E-state index in [1.54, 1.807) is 7.11 Å². The molecule has 0 fully saturated rings. The molecule has 3 heteroatoms. The summed E-state index contributed by atoms with van der Waals surface area (Å²) in [5.41, 5.74) is 2.75. The fourth-order valence-electron chi connectivity index (χ4n) is 1.68. The summed E-state index contributed by atoms with van der Waals surface area (Å²) < 4.78 is 5.44. The minimum atomic E-state index is 0.146. The summed E-state index contributed by atoms with van der Waals surface area (Å²) in [7, 11) is 1.74. The number of hydrogen-bond donors (Lipinski definition) is 1. The fourth-order valence-corrected chi connectivity index (χ4v) is 2.42. The van der Waals surface area contributed by atoms with Gasteiger partial charge in [0.2, 0.25) is 0 Å². The molecule has 1 rings (SSSR count). The summed E-state index contributed by atoms with van der Waals surface area (Å²) in [6.45, 7) is 11.9. The number of benzene rings is 1. The average molecular weight is 281 g/mol. The molecule has 0 saturated carbocycles. The Morgan fingerprint density at radius 3 is 2.47 bits per heavy atom. The predicted molar refractivity (Wildman–Crippen MR) is 86.0 cm³/mol. The van der Waals surface area contributed by atoms with E-state index in [-0.39, 0.29) is 5.54 Å². The van der Waals surface area contributed by atoms with Gasteiger partial charge in [-0.15, -0.1) is 0 Å². The lowest BCUT2D eigenvalue weighted by molar-refractivity contribution is 0.409. The number of thioether (sulfide) groups is 1. The van der Waals surface area contributed by atoms with Gasteiger partial charge in [0.15, 0.2) is 0 Å². The Labute approximate surface area is 122 Å². The van der Waals surface area contributed by atoms with Gasteiger partial charge in [-0.3, -0.25) is 0 Å². The number of ether oxygens (including phenoxy) is 1. The maximum atomic E-state index is 5.44. The molecule has 1 N–H and O–H groups in total. The molecule has 0 aliphatic carbocycles. The van der Waals surface area contributed by atoms with Crippen molar-refractivity contribution in [2.75, 3.05) is 7.11 Å². The Hall–Kier alpha value is -0.670. The highest BCUT2D eigenvalue weighted by molar-refractivity contribution is 7.99. The summed E-state index contributed by atoms with van der Waals surface area (Å²) >= 11 is 1.95. The zero-order valence-electron chi connectivity index (χ0n) is 13.0. The van der Waals surface area contributed by atoms with Crippen LogP contribution in [0.5, 0.6) is 5.75 Å².